The van der Waals surface area contributed by atoms with Crippen molar-refractivity contribution in [2.75, 3.05) is 11.1 Å². The molecule has 0 amide bonds. The Morgan fingerprint density at radius 2 is 1.65 bits per heavy atom. The average Bonchev–Trinajstić information content (AvgIpc) is 3.29. The molecule has 0 spiro atoms. The van der Waals surface area contributed by atoms with Gasteiger partial charge in [-0.15, -0.1) is 0 Å². The summed E-state index contributed by atoms with van der Waals surface area (Å²) in [6.45, 7) is -0.0493. The van der Waals surface area contributed by atoms with Gasteiger partial charge in [0, 0.05) is 11.6 Å². The zero-order valence-electron chi connectivity index (χ0n) is 19.7. The van der Waals surface area contributed by atoms with Crippen LogP contribution in [0.15, 0.2) is 79.1 Å². The van der Waals surface area contributed by atoms with Crippen LogP contribution in [0, 0.1) is 5.41 Å². The topological polar surface area (TPSA) is 96.9 Å². The van der Waals surface area contributed by atoms with E-state index in [1.54, 1.807) is 24.3 Å². The molecule has 0 bridgehead atoms. The second kappa shape index (κ2) is 9.93. The van der Waals surface area contributed by atoms with E-state index in [4.69, 9.17) is 15.9 Å². The van der Waals surface area contributed by atoms with Gasteiger partial charge in [-0.2, -0.15) is 13.2 Å². The van der Waals surface area contributed by atoms with Gasteiger partial charge in [-0.3, -0.25) is 5.41 Å². The zero-order chi connectivity index (χ0) is 26.0. The maximum Gasteiger partial charge on any atom is 0.419 e. The summed E-state index contributed by atoms with van der Waals surface area (Å²) in [5.74, 6) is 0.0568. The van der Waals surface area contributed by atoms with E-state index < -0.39 is 11.7 Å². The van der Waals surface area contributed by atoms with Gasteiger partial charge in [0.2, 0.25) is 0 Å². The number of hydrogen-bond acceptors (Lipinski definition) is 6. The number of nitrogens with one attached hydrogen (secondary N) is 2. The lowest BCUT2D eigenvalue weighted by atomic mass is 10.0. The SMILES string of the molecule is N=C(c1ccc(C(F)(F)F)c(OCc2ccccc2)c1)c1c(N)ncnc1NC1Cc2ccccc2C1. The third-order valence-electron chi connectivity index (χ3n) is 6.33. The highest BCUT2D eigenvalue weighted by Gasteiger charge is 2.35. The molecule has 1 aliphatic rings. The van der Waals surface area contributed by atoms with Gasteiger partial charge in [0.25, 0.3) is 0 Å². The predicted molar refractivity (Wildman–Crippen MR) is 136 cm³/mol. The highest BCUT2D eigenvalue weighted by molar-refractivity contribution is 6.16. The lowest BCUT2D eigenvalue weighted by molar-refractivity contribution is -0.139. The van der Waals surface area contributed by atoms with Crippen molar-refractivity contribution in [1.82, 2.24) is 9.97 Å². The third-order valence-corrected chi connectivity index (χ3v) is 6.33. The molecule has 4 aromatic rings. The average molecular weight is 504 g/mol. The third kappa shape index (κ3) is 5.25. The zero-order valence-corrected chi connectivity index (χ0v) is 19.7. The number of benzene rings is 3. The molecule has 0 saturated carbocycles. The number of nitrogens with zero attached hydrogens (tertiary/aromatic N) is 2. The summed E-state index contributed by atoms with van der Waals surface area (Å²) in [6.07, 6.45) is -1.75. The fourth-order valence-corrected chi connectivity index (χ4v) is 4.52. The van der Waals surface area contributed by atoms with Gasteiger partial charge in [0.15, 0.2) is 0 Å². The second-order valence-electron chi connectivity index (χ2n) is 8.86. The van der Waals surface area contributed by atoms with Crippen LogP contribution in [0.5, 0.6) is 5.75 Å². The van der Waals surface area contributed by atoms with E-state index in [2.05, 4.69) is 27.4 Å². The molecule has 1 aromatic heterocycles. The molecule has 1 heterocycles. The van der Waals surface area contributed by atoms with Crippen LogP contribution in [0.1, 0.15) is 33.4 Å². The van der Waals surface area contributed by atoms with E-state index >= 15 is 0 Å². The van der Waals surface area contributed by atoms with Gasteiger partial charge in [-0.1, -0.05) is 60.7 Å². The van der Waals surface area contributed by atoms with Gasteiger partial charge in [0.1, 0.15) is 30.3 Å². The number of alkyl halides is 3. The fraction of sp³-hybridized carbons (Fsp3) is 0.179. The number of hydrogen-bond donors (Lipinski definition) is 3. The molecule has 3 aromatic carbocycles. The maximum absolute atomic E-state index is 13.7. The van der Waals surface area contributed by atoms with Crippen molar-refractivity contribution in [3.8, 4) is 5.75 Å². The number of nitrogens with two attached hydrogens (primary N) is 1. The molecular formula is C28H24F3N5O. The Kier molecular flexibility index (Phi) is 6.52. The van der Waals surface area contributed by atoms with Gasteiger partial charge in [0.05, 0.1) is 16.8 Å². The van der Waals surface area contributed by atoms with Crippen LogP contribution in [-0.2, 0) is 25.6 Å². The Morgan fingerprint density at radius 3 is 2.32 bits per heavy atom. The first kappa shape index (κ1) is 24.3. The standard InChI is InChI=1S/C28H24F3N5O/c29-28(30,31)22-11-10-20(14-23(22)37-15-17-6-2-1-3-7-17)25(32)24-26(33)34-16-35-27(24)36-21-12-18-8-4-5-9-19(18)13-21/h1-11,14,16,21,32H,12-13,15H2,(H3,33,34,35,36). The summed E-state index contributed by atoms with van der Waals surface area (Å²) in [4.78, 5) is 8.34. The van der Waals surface area contributed by atoms with Crippen molar-refractivity contribution in [2.45, 2.75) is 31.7 Å². The minimum atomic E-state index is -4.62. The van der Waals surface area contributed by atoms with Crippen molar-refractivity contribution >= 4 is 17.3 Å². The number of nitrogen functional groups attached to an aromatic ring is 1. The Balaban J connectivity index is 1.44. The molecule has 0 atom stereocenters. The van der Waals surface area contributed by atoms with Crippen molar-refractivity contribution in [3.63, 3.8) is 0 Å². The van der Waals surface area contributed by atoms with Crippen LogP contribution < -0.4 is 15.8 Å². The van der Waals surface area contributed by atoms with Crippen LogP contribution in [0.3, 0.4) is 0 Å². The lowest BCUT2D eigenvalue weighted by Crippen LogP contribution is -2.23. The molecule has 0 radical (unpaired) electrons. The molecule has 5 rings (SSSR count). The summed E-state index contributed by atoms with van der Waals surface area (Å²) in [5.41, 5.74) is 8.76. The molecule has 0 aliphatic heterocycles. The van der Waals surface area contributed by atoms with Crippen molar-refractivity contribution < 1.29 is 17.9 Å². The number of anilines is 2. The van der Waals surface area contributed by atoms with Gasteiger partial charge in [-0.25, -0.2) is 9.97 Å². The Bertz CT molecular complexity index is 1410. The number of ether oxygens (including phenoxy) is 1. The minimum Gasteiger partial charge on any atom is -0.488 e. The van der Waals surface area contributed by atoms with E-state index in [0.717, 1.165) is 24.5 Å². The molecule has 0 saturated heterocycles. The van der Waals surface area contributed by atoms with Gasteiger partial charge in [-0.05, 0) is 41.7 Å². The number of fused-ring (bicyclic) bond motifs is 1. The number of rotatable bonds is 7. The molecule has 6 nitrogen and oxygen atoms in total. The second-order valence-corrected chi connectivity index (χ2v) is 8.86. The molecule has 0 fully saturated rings. The summed E-state index contributed by atoms with van der Waals surface area (Å²) >= 11 is 0. The smallest absolute Gasteiger partial charge is 0.419 e. The molecular weight excluding hydrogens is 479 g/mol. The van der Waals surface area contributed by atoms with Crippen molar-refractivity contribution in [2.24, 2.45) is 0 Å². The van der Waals surface area contributed by atoms with E-state index in [1.165, 1.54) is 29.6 Å². The summed E-state index contributed by atoms with van der Waals surface area (Å²) in [6, 6.07) is 20.5. The fourth-order valence-electron chi connectivity index (χ4n) is 4.52. The van der Waals surface area contributed by atoms with Gasteiger partial charge < -0.3 is 15.8 Å². The Hall–Kier alpha value is -4.40. The molecule has 9 heteroatoms. The van der Waals surface area contributed by atoms with Crippen LogP contribution >= 0.6 is 0 Å². The first-order valence-corrected chi connectivity index (χ1v) is 11.7. The normalized spacial score (nSPS) is 13.3. The molecule has 188 valence electrons. The van der Waals surface area contributed by atoms with E-state index in [9.17, 15) is 13.2 Å². The van der Waals surface area contributed by atoms with Crippen molar-refractivity contribution in [3.05, 3.63) is 113 Å². The quantitative estimate of drug-likeness (QED) is 0.283. The highest BCUT2D eigenvalue weighted by atomic mass is 19.4. The van der Waals surface area contributed by atoms with Crippen LogP contribution in [0.4, 0.5) is 24.8 Å². The summed E-state index contributed by atoms with van der Waals surface area (Å²) < 4.78 is 46.7. The van der Waals surface area contributed by atoms with E-state index in [1.807, 2.05) is 18.2 Å². The lowest BCUT2D eigenvalue weighted by Gasteiger charge is -2.19. The maximum atomic E-state index is 13.7. The molecule has 0 unspecified atom stereocenters. The van der Waals surface area contributed by atoms with Gasteiger partial charge >= 0.3 is 6.18 Å². The van der Waals surface area contributed by atoms with Crippen LogP contribution in [0.2, 0.25) is 0 Å². The Labute approximate surface area is 211 Å². The number of aromatic nitrogens is 2. The first-order chi connectivity index (χ1) is 17.8. The summed E-state index contributed by atoms with van der Waals surface area (Å²) in [7, 11) is 0. The van der Waals surface area contributed by atoms with E-state index in [-0.39, 0.29) is 41.1 Å². The minimum absolute atomic E-state index is 0.0376. The highest BCUT2D eigenvalue weighted by Crippen LogP contribution is 2.38. The summed E-state index contributed by atoms with van der Waals surface area (Å²) in [5, 5.41) is 12.2. The number of halogens is 3. The predicted octanol–water partition coefficient (Wildman–Crippen LogP) is 5.65. The molecule has 1 aliphatic carbocycles. The molecule has 4 N–H and O–H groups in total. The molecule has 37 heavy (non-hydrogen) atoms. The first-order valence-electron chi connectivity index (χ1n) is 11.7. The monoisotopic (exact) mass is 503 g/mol. The largest absolute Gasteiger partial charge is 0.488 e. The Morgan fingerprint density at radius 1 is 0.973 bits per heavy atom. The van der Waals surface area contributed by atoms with Crippen molar-refractivity contribution in [1.29, 1.82) is 5.41 Å². The van der Waals surface area contributed by atoms with Crippen LogP contribution in [0.25, 0.3) is 0 Å². The van der Waals surface area contributed by atoms with E-state index in [0.29, 0.717) is 5.82 Å². The van der Waals surface area contributed by atoms with Crippen LogP contribution in [-0.4, -0.2) is 21.7 Å².